The molecule has 1 fully saturated rings. The minimum atomic E-state index is -4.29. The van der Waals surface area contributed by atoms with E-state index in [9.17, 15) is 13.2 Å². The van der Waals surface area contributed by atoms with Crippen LogP contribution in [-0.4, -0.2) is 6.10 Å². The van der Waals surface area contributed by atoms with E-state index >= 15 is 0 Å². The van der Waals surface area contributed by atoms with Gasteiger partial charge in [-0.15, -0.1) is 0 Å². The Morgan fingerprint density at radius 3 is 2.44 bits per heavy atom. The van der Waals surface area contributed by atoms with Gasteiger partial charge in [0.2, 0.25) is 0 Å². The smallest absolute Gasteiger partial charge is 0.374 e. The van der Waals surface area contributed by atoms with E-state index in [2.05, 4.69) is 0 Å². The maximum atomic E-state index is 12.6. The van der Waals surface area contributed by atoms with Crippen LogP contribution in [0.2, 0.25) is 0 Å². The molecule has 0 heterocycles. The summed E-state index contributed by atoms with van der Waals surface area (Å²) in [6.45, 7) is 0.0559. The summed E-state index contributed by atoms with van der Waals surface area (Å²) >= 11 is 0. The molecule has 2 rings (SSSR count). The molecule has 0 saturated heterocycles. The van der Waals surface area contributed by atoms with Gasteiger partial charge in [-0.25, -0.2) is 0 Å². The number of hydrogen-bond acceptors (Lipinski definition) is 1. The molecule has 1 aromatic carbocycles. The lowest BCUT2D eigenvalue weighted by Crippen LogP contribution is -2.22. The van der Waals surface area contributed by atoms with Crippen molar-refractivity contribution in [2.45, 2.75) is 38.1 Å². The summed E-state index contributed by atoms with van der Waals surface area (Å²) < 4.78 is 43.2. The Bertz CT molecular complexity index is 356. The highest BCUT2D eigenvalue weighted by atomic mass is 19.4. The molecule has 0 unspecified atom stereocenters. The molecular weight excluding hydrogens is 217 g/mol. The third-order valence-electron chi connectivity index (χ3n) is 2.85. The normalized spacial score (nSPS) is 17.2. The molecule has 0 amide bonds. The van der Waals surface area contributed by atoms with Gasteiger partial charge in [0.25, 0.3) is 0 Å². The van der Waals surface area contributed by atoms with Crippen LogP contribution < -0.4 is 0 Å². The molecule has 0 aliphatic heterocycles. The van der Waals surface area contributed by atoms with Gasteiger partial charge in [-0.2, -0.15) is 13.2 Å². The van der Waals surface area contributed by atoms with E-state index in [-0.39, 0.29) is 18.3 Å². The van der Waals surface area contributed by atoms with Gasteiger partial charge in [0, 0.05) is 0 Å². The summed E-state index contributed by atoms with van der Waals surface area (Å²) in [6, 6.07) is 5.57. The topological polar surface area (TPSA) is 9.23 Å². The number of halogens is 3. The van der Waals surface area contributed by atoms with Gasteiger partial charge < -0.3 is 4.74 Å². The Labute approximate surface area is 92.2 Å². The van der Waals surface area contributed by atoms with Crippen LogP contribution in [0.3, 0.4) is 0 Å². The van der Waals surface area contributed by atoms with E-state index in [1.807, 2.05) is 0 Å². The molecule has 0 spiro atoms. The molecule has 4 heteroatoms. The maximum absolute atomic E-state index is 12.6. The lowest BCUT2D eigenvalue weighted by molar-refractivity contribution is -0.139. The van der Waals surface area contributed by atoms with Gasteiger partial charge in [0.15, 0.2) is 0 Å². The van der Waals surface area contributed by atoms with Crippen molar-refractivity contribution in [1.29, 1.82) is 0 Å². The average Bonchev–Trinajstić information content (AvgIpc) is 2.14. The molecule has 1 aliphatic rings. The van der Waals surface area contributed by atoms with Crippen LogP contribution in [0, 0.1) is 0 Å². The minimum absolute atomic E-state index is 0.0559. The zero-order valence-electron chi connectivity index (χ0n) is 8.76. The highest BCUT2D eigenvalue weighted by molar-refractivity contribution is 5.29. The van der Waals surface area contributed by atoms with E-state index < -0.39 is 11.7 Å². The van der Waals surface area contributed by atoms with Gasteiger partial charge in [-0.1, -0.05) is 18.2 Å². The fourth-order valence-electron chi connectivity index (χ4n) is 1.67. The molecule has 0 radical (unpaired) electrons. The van der Waals surface area contributed by atoms with E-state index in [0.717, 1.165) is 25.3 Å². The molecule has 0 N–H and O–H groups in total. The number of alkyl halides is 3. The maximum Gasteiger partial charge on any atom is 0.416 e. The Balaban J connectivity index is 2.06. The molecule has 1 aliphatic carbocycles. The Hall–Kier alpha value is -1.03. The van der Waals surface area contributed by atoms with Crippen LogP contribution in [-0.2, 0) is 17.5 Å². The van der Waals surface area contributed by atoms with Crippen molar-refractivity contribution in [2.75, 3.05) is 0 Å². The summed E-state index contributed by atoms with van der Waals surface area (Å²) in [4.78, 5) is 0. The van der Waals surface area contributed by atoms with Crippen LogP contribution >= 0.6 is 0 Å². The van der Waals surface area contributed by atoms with Crippen molar-refractivity contribution in [3.05, 3.63) is 35.4 Å². The first-order chi connectivity index (χ1) is 7.57. The molecule has 0 atom stereocenters. The quantitative estimate of drug-likeness (QED) is 0.767. The fourth-order valence-corrected chi connectivity index (χ4v) is 1.67. The Morgan fingerprint density at radius 2 is 1.88 bits per heavy atom. The van der Waals surface area contributed by atoms with Crippen molar-refractivity contribution in [1.82, 2.24) is 0 Å². The highest BCUT2D eigenvalue weighted by Crippen LogP contribution is 2.33. The summed E-state index contributed by atoms with van der Waals surface area (Å²) in [6.07, 6.45) is -1.09. The Morgan fingerprint density at radius 1 is 1.19 bits per heavy atom. The Kier molecular flexibility index (Phi) is 3.19. The molecule has 1 nitrogen and oxygen atoms in total. The minimum Gasteiger partial charge on any atom is -0.374 e. The average molecular weight is 230 g/mol. The molecule has 1 aromatic rings. The number of benzene rings is 1. The van der Waals surface area contributed by atoms with Gasteiger partial charge in [0.05, 0.1) is 18.3 Å². The molecule has 1 saturated carbocycles. The largest absolute Gasteiger partial charge is 0.416 e. The number of ether oxygens (including phenoxy) is 1. The van der Waals surface area contributed by atoms with E-state index in [4.69, 9.17) is 4.74 Å². The molecular formula is C12H13F3O. The van der Waals surface area contributed by atoms with Crippen molar-refractivity contribution in [3.8, 4) is 0 Å². The predicted octanol–water partition coefficient (Wildman–Crippen LogP) is 3.77. The van der Waals surface area contributed by atoms with Gasteiger partial charge in [-0.05, 0) is 30.9 Å². The molecule has 88 valence electrons. The first kappa shape index (κ1) is 11.5. The molecule has 0 aromatic heterocycles. The number of hydrogen-bond donors (Lipinski definition) is 0. The van der Waals surface area contributed by atoms with Gasteiger partial charge >= 0.3 is 6.18 Å². The first-order valence-corrected chi connectivity index (χ1v) is 5.34. The predicted molar refractivity (Wildman–Crippen MR) is 53.9 cm³/mol. The summed E-state index contributed by atoms with van der Waals surface area (Å²) in [5, 5.41) is 0. The second-order valence-electron chi connectivity index (χ2n) is 4.02. The van der Waals surface area contributed by atoms with Gasteiger partial charge in [-0.3, -0.25) is 0 Å². The standard InChI is InChI=1S/C12H13F3O/c13-12(14,15)11-7-2-1-4-9(11)8-16-10-5-3-6-10/h1-2,4,7,10H,3,5-6,8H2. The summed E-state index contributed by atoms with van der Waals surface area (Å²) in [5.41, 5.74) is -0.365. The fraction of sp³-hybridized carbons (Fsp3) is 0.500. The number of rotatable bonds is 3. The third-order valence-corrected chi connectivity index (χ3v) is 2.85. The van der Waals surface area contributed by atoms with E-state index in [1.165, 1.54) is 12.1 Å². The third kappa shape index (κ3) is 2.55. The van der Waals surface area contributed by atoms with Crippen LogP contribution in [0.1, 0.15) is 30.4 Å². The SMILES string of the molecule is FC(F)(F)c1ccccc1COC1CCC1. The van der Waals surface area contributed by atoms with E-state index in [1.54, 1.807) is 6.07 Å². The second kappa shape index (κ2) is 4.45. The molecule has 16 heavy (non-hydrogen) atoms. The van der Waals surface area contributed by atoms with Crippen LogP contribution in [0.5, 0.6) is 0 Å². The van der Waals surface area contributed by atoms with Gasteiger partial charge in [0.1, 0.15) is 0 Å². The van der Waals surface area contributed by atoms with E-state index in [0.29, 0.717) is 0 Å². The van der Waals surface area contributed by atoms with Crippen molar-refractivity contribution < 1.29 is 17.9 Å². The van der Waals surface area contributed by atoms with Crippen LogP contribution in [0.25, 0.3) is 0 Å². The van der Waals surface area contributed by atoms with Crippen molar-refractivity contribution in [2.24, 2.45) is 0 Å². The lowest BCUT2D eigenvalue weighted by Gasteiger charge is -2.26. The lowest BCUT2D eigenvalue weighted by atomic mass is 9.96. The molecule has 0 bridgehead atoms. The summed E-state index contributed by atoms with van der Waals surface area (Å²) in [7, 11) is 0. The zero-order chi connectivity index (χ0) is 11.6. The van der Waals surface area contributed by atoms with Crippen molar-refractivity contribution in [3.63, 3.8) is 0 Å². The zero-order valence-corrected chi connectivity index (χ0v) is 8.76. The van der Waals surface area contributed by atoms with Crippen molar-refractivity contribution >= 4 is 0 Å². The van der Waals surface area contributed by atoms with Crippen LogP contribution in [0.4, 0.5) is 13.2 Å². The summed E-state index contributed by atoms with van der Waals surface area (Å²) in [5.74, 6) is 0. The first-order valence-electron chi connectivity index (χ1n) is 5.34. The second-order valence-corrected chi connectivity index (χ2v) is 4.02. The monoisotopic (exact) mass is 230 g/mol. The van der Waals surface area contributed by atoms with Crippen LogP contribution in [0.15, 0.2) is 24.3 Å². The highest BCUT2D eigenvalue weighted by Gasteiger charge is 2.33.